The predicted molar refractivity (Wildman–Crippen MR) is 52.9 cm³/mol. The van der Waals surface area contributed by atoms with Crippen molar-refractivity contribution in [2.45, 2.75) is 13.5 Å². The molecule has 1 heterocycles. The van der Waals surface area contributed by atoms with Gasteiger partial charge in [-0.1, -0.05) is 6.07 Å². The summed E-state index contributed by atoms with van der Waals surface area (Å²) in [6.45, 7) is 2.52. The largest absolute Gasteiger partial charge is 0.480 e. The van der Waals surface area contributed by atoms with Gasteiger partial charge < -0.3 is 5.11 Å². The Morgan fingerprint density at radius 2 is 2.29 bits per heavy atom. The van der Waals surface area contributed by atoms with Crippen molar-refractivity contribution in [2.24, 2.45) is 0 Å². The van der Waals surface area contributed by atoms with Gasteiger partial charge in [-0.2, -0.15) is 0 Å². The van der Waals surface area contributed by atoms with Gasteiger partial charge in [0.25, 0.3) is 0 Å². The fourth-order valence-electron chi connectivity index (χ4n) is 1.25. The molecular weight excluding hydrogens is 180 g/mol. The number of rotatable bonds is 4. The maximum Gasteiger partial charge on any atom is 0.317 e. The number of aromatic nitrogens is 1. The Bertz CT molecular complexity index is 326. The van der Waals surface area contributed by atoms with E-state index in [-0.39, 0.29) is 6.54 Å². The highest BCUT2D eigenvalue weighted by Crippen LogP contribution is 2.01. The summed E-state index contributed by atoms with van der Waals surface area (Å²) in [6, 6.07) is 5.73. The zero-order valence-electron chi connectivity index (χ0n) is 8.40. The Kier molecular flexibility index (Phi) is 3.59. The number of likely N-dealkylation sites (N-methyl/N-ethyl adjacent to an activating group) is 1. The molecule has 14 heavy (non-hydrogen) atoms. The third-order valence-corrected chi connectivity index (χ3v) is 1.78. The zero-order valence-corrected chi connectivity index (χ0v) is 8.40. The maximum atomic E-state index is 10.4. The number of aliphatic carboxylic acids is 1. The minimum atomic E-state index is -0.819. The molecule has 0 aliphatic rings. The number of nitrogens with zero attached hydrogens (tertiary/aromatic N) is 2. The molecule has 1 N–H and O–H groups in total. The lowest BCUT2D eigenvalue weighted by molar-refractivity contribution is -0.138. The van der Waals surface area contributed by atoms with Gasteiger partial charge >= 0.3 is 5.97 Å². The molecule has 1 aromatic heterocycles. The van der Waals surface area contributed by atoms with E-state index in [9.17, 15) is 4.79 Å². The summed E-state index contributed by atoms with van der Waals surface area (Å²) in [5, 5.41) is 8.55. The lowest BCUT2D eigenvalue weighted by Gasteiger charge is -2.13. The number of carboxylic acids is 1. The van der Waals surface area contributed by atoms with Crippen LogP contribution in [0, 0.1) is 6.92 Å². The first-order valence-electron chi connectivity index (χ1n) is 4.41. The molecule has 0 aliphatic heterocycles. The van der Waals surface area contributed by atoms with Crippen LogP contribution in [-0.2, 0) is 11.3 Å². The summed E-state index contributed by atoms with van der Waals surface area (Å²) in [6.07, 6.45) is 0. The molecule has 0 aromatic carbocycles. The molecule has 0 saturated heterocycles. The minimum Gasteiger partial charge on any atom is -0.480 e. The van der Waals surface area contributed by atoms with Crippen molar-refractivity contribution in [2.75, 3.05) is 13.6 Å². The van der Waals surface area contributed by atoms with Crippen LogP contribution in [0.1, 0.15) is 11.4 Å². The van der Waals surface area contributed by atoms with E-state index >= 15 is 0 Å². The normalized spacial score (nSPS) is 10.5. The fourth-order valence-corrected chi connectivity index (χ4v) is 1.25. The van der Waals surface area contributed by atoms with Crippen LogP contribution >= 0.6 is 0 Å². The second-order valence-electron chi connectivity index (χ2n) is 3.34. The Labute approximate surface area is 83.2 Å². The van der Waals surface area contributed by atoms with Crippen molar-refractivity contribution in [3.8, 4) is 0 Å². The Morgan fingerprint density at radius 3 is 2.86 bits per heavy atom. The molecule has 1 rings (SSSR count). The maximum absolute atomic E-state index is 10.4. The Hall–Kier alpha value is -1.42. The van der Waals surface area contributed by atoms with Crippen molar-refractivity contribution >= 4 is 5.97 Å². The lowest BCUT2D eigenvalue weighted by atomic mass is 10.3. The number of aryl methyl sites for hydroxylation is 1. The molecule has 0 aliphatic carbocycles. The average molecular weight is 194 g/mol. The summed E-state index contributed by atoms with van der Waals surface area (Å²) in [7, 11) is 1.76. The molecule has 0 fully saturated rings. The number of hydrogen-bond donors (Lipinski definition) is 1. The first-order chi connectivity index (χ1) is 6.58. The molecule has 0 bridgehead atoms. The van der Waals surface area contributed by atoms with Gasteiger partial charge in [-0.05, 0) is 26.1 Å². The van der Waals surface area contributed by atoms with Gasteiger partial charge in [0.1, 0.15) is 0 Å². The zero-order chi connectivity index (χ0) is 10.6. The molecule has 0 spiro atoms. The van der Waals surface area contributed by atoms with Gasteiger partial charge in [-0.15, -0.1) is 0 Å². The summed E-state index contributed by atoms with van der Waals surface area (Å²) < 4.78 is 0. The van der Waals surface area contributed by atoms with E-state index in [2.05, 4.69) is 4.98 Å². The van der Waals surface area contributed by atoms with E-state index in [1.165, 1.54) is 0 Å². The summed E-state index contributed by atoms with van der Waals surface area (Å²) in [4.78, 5) is 16.4. The second kappa shape index (κ2) is 4.72. The second-order valence-corrected chi connectivity index (χ2v) is 3.34. The molecule has 0 radical (unpaired) electrons. The molecule has 0 amide bonds. The number of pyridine rings is 1. The van der Waals surface area contributed by atoms with Crippen LogP contribution in [0.25, 0.3) is 0 Å². The van der Waals surface area contributed by atoms with E-state index in [1.54, 1.807) is 11.9 Å². The van der Waals surface area contributed by atoms with Gasteiger partial charge in [0.2, 0.25) is 0 Å². The fraction of sp³-hybridized carbons (Fsp3) is 0.400. The van der Waals surface area contributed by atoms with E-state index in [1.807, 2.05) is 25.1 Å². The highest BCUT2D eigenvalue weighted by Gasteiger charge is 2.05. The quantitative estimate of drug-likeness (QED) is 0.774. The van der Waals surface area contributed by atoms with Gasteiger partial charge in [0, 0.05) is 12.2 Å². The van der Waals surface area contributed by atoms with E-state index < -0.39 is 5.97 Å². The Balaban J connectivity index is 2.55. The monoisotopic (exact) mass is 194 g/mol. The SMILES string of the molecule is Cc1cccc(CN(C)CC(=O)O)n1. The van der Waals surface area contributed by atoms with Crippen LogP contribution in [0.5, 0.6) is 0 Å². The average Bonchev–Trinajstić information content (AvgIpc) is 2.01. The lowest BCUT2D eigenvalue weighted by Crippen LogP contribution is -2.25. The highest BCUT2D eigenvalue weighted by atomic mass is 16.4. The van der Waals surface area contributed by atoms with Crippen LogP contribution in [0.3, 0.4) is 0 Å². The van der Waals surface area contributed by atoms with Crippen molar-refractivity contribution < 1.29 is 9.90 Å². The highest BCUT2D eigenvalue weighted by molar-refractivity contribution is 5.68. The van der Waals surface area contributed by atoms with Gasteiger partial charge in [-0.25, -0.2) is 0 Å². The Morgan fingerprint density at radius 1 is 1.57 bits per heavy atom. The van der Waals surface area contributed by atoms with Crippen molar-refractivity contribution in [3.05, 3.63) is 29.6 Å². The van der Waals surface area contributed by atoms with Crippen molar-refractivity contribution in [3.63, 3.8) is 0 Å². The van der Waals surface area contributed by atoms with Crippen molar-refractivity contribution in [1.82, 2.24) is 9.88 Å². The molecule has 4 nitrogen and oxygen atoms in total. The topological polar surface area (TPSA) is 53.4 Å². The molecule has 0 atom stereocenters. The van der Waals surface area contributed by atoms with Crippen LogP contribution in [0.2, 0.25) is 0 Å². The first-order valence-corrected chi connectivity index (χ1v) is 4.41. The van der Waals surface area contributed by atoms with E-state index in [0.29, 0.717) is 6.54 Å². The summed E-state index contributed by atoms with van der Waals surface area (Å²) >= 11 is 0. The molecule has 0 saturated carbocycles. The van der Waals surface area contributed by atoms with Gasteiger partial charge in [0.05, 0.1) is 12.2 Å². The summed E-state index contributed by atoms with van der Waals surface area (Å²) in [5.41, 5.74) is 1.85. The smallest absolute Gasteiger partial charge is 0.317 e. The van der Waals surface area contributed by atoms with Crippen LogP contribution in [0.15, 0.2) is 18.2 Å². The number of carbonyl (C=O) groups is 1. The van der Waals surface area contributed by atoms with Crippen LogP contribution in [-0.4, -0.2) is 34.6 Å². The molecular formula is C10H14N2O2. The minimum absolute atomic E-state index is 0.0373. The predicted octanol–water partition coefficient (Wildman–Crippen LogP) is 0.906. The van der Waals surface area contributed by atoms with Crippen LogP contribution < -0.4 is 0 Å². The number of hydrogen-bond acceptors (Lipinski definition) is 3. The number of carboxylic acid groups (broad SMARTS) is 1. The molecule has 4 heteroatoms. The third kappa shape index (κ3) is 3.53. The third-order valence-electron chi connectivity index (χ3n) is 1.78. The van der Waals surface area contributed by atoms with Gasteiger partial charge in [-0.3, -0.25) is 14.7 Å². The standard InChI is InChI=1S/C10H14N2O2/c1-8-4-3-5-9(11-8)6-12(2)7-10(13)14/h3-5H,6-7H2,1-2H3,(H,13,14). The van der Waals surface area contributed by atoms with Crippen LogP contribution in [0.4, 0.5) is 0 Å². The molecule has 1 aromatic rings. The molecule has 76 valence electrons. The van der Waals surface area contributed by atoms with E-state index in [0.717, 1.165) is 11.4 Å². The molecule has 0 unspecified atom stereocenters. The van der Waals surface area contributed by atoms with E-state index in [4.69, 9.17) is 5.11 Å². The van der Waals surface area contributed by atoms with Gasteiger partial charge in [0.15, 0.2) is 0 Å². The van der Waals surface area contributed by atoms with Crippen molar-refractivity contribution in [1.29, 1.82) is 0 Å². The summed E-state index contributed by atoms with van der Waals surface area (Å²) in [5.74, 6) is -0.819. The first kappa shape index (κ1) is 10.7.